The molecule has 0 aliphatic heterocycles. The van der Waals surface area contributed by atoms with Crippen LogP contribution in [0.2, 0.25) is 0 Å². The number of carbonyl (C=O) groups excluding carboxylic acids is 2. The van der Waals surface area contributed by atoms with Crippen LogP contribution in [0.1, 0.15) is 39.5 Å². The first kappa shape index (κ1) is 17.4. The topological polar surface area (TPSA) is 83.9 Å². The smallest absolute Gasteiger partial charge is 0.310 e. The standard InChI is InChI=1S/C13H23NO5/c1-5-13(6-2,12(17)18)9-10(15)14(3)8-7-11(16)19-4/h5-9H2,1-4H3,(H,17,18). The van der Waals surface area contributed by atoms with E-state index in [1.807, 2.05) is 0 Å². The van der Waals surface area contributed by atoms with Crippen LogP contribution in [-0.2, 0) is 19.1 Å². The van der Waals surface area contributed by atoms with Gasteiger partial charge in [0.1, 0.15) is 0 Å². The van der Waals surface area contributed by atoms with E-state index >= 15 is 0 Å². The predicted molar refractivity (Wildman–Crippen MR) is 69.5 cm³/mol. The number of carboxylic acid groups (broad SMARTS) is 1. The summed E-state index contributed by atoms with van der Waals surface area (Å²) in [6.07, 6.45) is 0.856. The molecule has 0 saturated heterocycles. The maximum atomic E-state index is 12.0. The van der Waals surface area contributed by atoms with E-state index in [0.717, 1.165) is 0 Å². The van der Waals surface area contributed by atoms with Gasteiger partial charge < -0.3 is 14.7 Å². The summed E-state index contributed by atoms with van der Waals surface area (Å²) in [5.74, 6) is -1.61. The van der Waals surface area contributed by atoms with Crippen LogP contribution in [0.4, 0.5) is 0 Å². The molecule has 0 saturated carbocycles. The SMILES string of the molecule is CCC(CC)(CC(=O)N(C)CCC(=O)OC)C(=O)O. The van der Waals surface area contributed by atoms with Gasteiger partial charge in [-0.25, -0.2) is 0 Å². The van der Waals surface area contributed by atoms with Crippen LogP contribution in [-0.4, -0.2) is 48.6 Å². The van der Waals surface area contributed by atoms with Crippen LogP contribution in [0.5, 0.6) is 0 Å². The van der Waals surface area contributed by atoms with E-state index in [1.54, 1.807) is 20.9 Å². The van der Waals surface area contributed by atoms with Crippen molar-refractivity contribution in [1.82, 2.24) is 4.90 Å². The quantitative estimate of drug-likeness (QED) is 0.674. The van der Waals surface area contributed by atoms with Gasteiger partial charge in [-0.2, -0.15) is 0 Å². The molecule has 1 N–H and O–H groups in total. The van der Waals surface area contributed by atoms with Gasteiger partial charge in [0.05, 0.1) is 18.9 Å². The minimum atomic E-state index is -1.02. The number of aliphatic carboxylic acids is 1. The largest absolute Gasteiger partial charge is 0.481 e. The fourth-order valence-electron chi connectivity index (χ4n) is 1.79. The van der Waals surface area contributed by atoms with Crippen molar-refractivity contribution in [2.45, 2.75) is 39.5 Å². The average Bonchev–Trinajstić information content (AvgIpc) is 2.40. The third-order valence-corrected chi connectivity index (χ3v) is 3.60. The summed E-state index contributed by atoms with van der Waals surface area (Å²) in [5, 5.41) is 9.27. The molecule has 110 valence electrons. The maximum Gasteiger partial charge on any atom is 0.310 e. The van der Waals surface area contributed by atoms with E-state index < -0.39 is 17.4 Å². The first-order chi connectivity index (χ1) is 8.82. The molecule has 0 aliphatic carbocycles. The van der Waals surface area contributed by atoms with Gasteiger partial charge in [0, 0.05) is 20.0 Å². The van der Waals surface area contributed by atoms with Gasteiger partial charge in [-0.05, 0) is 12.8 Å². The molecule has 0 fully saturated rings. The number of rotatable bonds is 8. The Hall–Kier alpha value is -1.59. The molecule has 0 radical (unpaired) electrons. The maximum absolute atomic E-state index is 12.0. The van der Waals surface area contributed by atoms with Crippen molar-refractivity contribution in [3.63, 3.8) is 0 Å². The number of esters is 1. The Bertz CT molecular complexity index is 336. The molecule has 0 heterocycles. The summed E-state index contributed by atoms with van der Waals surface area (Å²) in [7, 11) is 2.84. The zero-order chi connectivity index (χ0) is 15.1. The highest BCUT2D eigenvalue weighted by Crippen LogP contribution is 2.31. The second-order valence-corrected chi connectivity index (χ2v) is 4.61. The van der Waals surface area contributed by atoms with Crippen LogP contribution < -0.4 is 0 Å². The Morgan fingerprint density at radius 1 is 1.21 bits per heavy atom. The zero-order valence-corrected chi connectivity index (χ0v) is 12.1. The van der Waals surface area contributed by atoms with Crippen molar-refractivity contribution < 1.29 is 24.2 Å². The Morgan fingerprint density at radius 2 is 1.74 bits per heavy atom. The molecule has 1 amide bonds. The molecule has 19 heavy (non-hydrogen) atoms. The normalized spacial score (nSPS) is 10.9. The van der Waals surface area contributed by atoms with Crippen molar-refractivity contribution in [3.05, 3.63) is 0 Å². The predicted octanol–water partition coefficient (Wildman–Crippen LogP) is 1.29. The molecule has 0 aromatic rings. The van der Waals surface area contributed by atoms with Crippen LogP contribution in [0, 0.1) is 5.41 Å². The summed E-state index contributed by atoms with van der Waals surface area (Å²) in [6, 6.07) is 0. The first-order valence-electron chi connectivity index (χ1n) is 6.37. The number of nitrogens with zero attached hydrogens (tertiary/aromatic N) is 1. The van der Waals surface area contributed by atoms with Gasteiger partial charge in [-0.1, -0.05) is 13.8 Å². The van der Waals surface area contributed by atoms with Gasteiger partial charge in [0.2, 0.25) is 5.91 Å². The monoisotopic (exact) mass is 273 g/mol. The number of carboxylic acids is 1. The highest BCUT2D eigenvalue weighted by molar-refractivity contribution is 5.85. The lowest BCUT2D eigenvalue weighted by atomic mass is 9.79. The van der Waals surface area contributed by atoms with Gasteiger partial charge in [0.25, 0.3) is 0 Å². The molecule has 0 unspecified atom stereocenters. The summed E-state index contributed by atoms with van der Waals surface area (Å²) >= 11 is 0. The van der Waals surface area contributed by atoms with Crippen molar-refractivity contribution >= 4 is 17.8 Å². The fourth-order valence-corrected chi connectivity index (χ4v) is 1.79. The Balaban J connectivity index is 4.56. The van der Waals surface area contributed by atoms with Gasteiger partial charge in [0.15, 0.2) is 0 Å². The van der Waals surface area contributed by atoms with Gasteiger partial charge >= 0.3 is 11.9 Å². The molecule has 0 bridgehead atoms. The highest BCUT2D eigenvalue weighted by Gasteiger charge is 2.37. The van der Waals surface area contributed by atoms with E-state index in [0.29, 0.717) is 12.8 Å². The molecule has 0 atom stereocenters. The minimum Gasteiger partial charge on any atom is -0.481 e. The summed E-state index contributed by atoms with van der Waals surface area (Å²) in [5.41, 5.74) is -1.02. The number of methoxy groups -OCH3 is 1. The average molecular weight is 273 g/mol. The Kier molecular flexibility index (Phi) is 7.11. The molecule has 0 aliphatic rings. The van der Waals surface area contributed by atoms with Gasteiger partial charge in [-0.15, -0.1) is 0 Å². The van der Waals surface area contributed by atoms with Crippen LogP contribution >= 0.6 is 0 Å². The van der Waals surface area contributed by atoms with Crippen LogP contribution in [0.15, 0.2) is 0 Å². The van der Waals surface area contributed by atoms with Crippen molar-refractivity contribution in [3.8, 4) is 0 Å². The molecular weight excluding hydrogens is 250 g/mol. The number of amides is 1. The van der Waals surface area contributed by atoms with Crippen molar-refractivity contribution in [1.29, 1.82) is 0 Å². The van der Waals surface area contributed by atoms with E-state index in [9.17, 15) is 19.5 Å². The molecule has 6 nitrogen and oxygen atoms in total. The van der Waals surface area contributed by atoms with E-state index in [-0.39, 0.29) is 25.3 Å². The molecule has 0 rings (SSSR count). The zero-order valence-electron chi connectivity index (χ0n) is 12.1. The molecular formula is C13H23NO5. The first-order valence-corrected chi connectivity index (χ1v) is 6.37. The summed E-state index contributed by atoms with van der Waals surface area (Å²) in [4.78, 5) is 35.7. The van der Waals surface area contributed by atoms with E-state index in [1.165, 1.54) is 12.0 Å². The lowest BCUT2D eigenvalue weighted by Crippen LogP contribution is -2.38. The third-order valence-electron chi connectivity index (χ3n) is 3.60. The number of hydrogen-bond donors (Lipinski definition) is 1. The lowest BCUT2D eigenvalue weighted by molar-refractivity contribution is -0.154. The number of carbonyl (C=O) groups is 3. The van der Waals surface area contributed by atoms with Crippen molar-refractivity contribution in [2.24, 2.45) is 5.41 Å². The third kappa shape index (κ3) is 4.89. The summed E-state index contributed by atoms with van der Waals surface area (Å²) < 4.78 is 4.49. The van der Waals surface area contributed by atoms with E-state index in [2.05, 4.69) is 4.74 Å². The van der Waals surface area contributed by atoms with Crippen LogP contribution in [0.3, 0.4) is 0 Å². The van der Waals surface area contributed by atoms with Gasteiger partial charge in [-0.3, -0.25) is 14.4 Å². The van der Waals surface area contributed by atoms with E-state index in [4.69, 9.17) is 0 Å². The van der Waals surface area contributed by atoms with Crippen molar-refractivity contribution in [2.75, 3.05) is 20.7 Å². The second-order valence-electron chi connectivity index (χ2n) is 4.61. The molecule has 0 spiro atoms. The number of ether oxygens (including phenoxy) is 1. The second kappa shape index (κ2) is 7.76. The Morgan fingerprint density at radius 3 is 2.11 bits per heavy atom. The minimum absolute atomic E-state index is 0.0486. The molecule has 0 aromatic carbocycles. The molecule has 6 heteroatoms. The lowest BCUT2D eigenvalue weighted by Gasteiger charge is -2.28. The van der Waals surface area contributed by atoms with Crippen LogP contribution in [0.25, 0.3) is 0 Å². The molecule has 0 aromatic heterocycles. The summed E-state index contributed by atoms with van der Waals surface area (Å²) in [6.45, 7) is 3.76. The Labute approximate surface area is 113 Å². The highest BCUT2D eigenvalue weighted by atomic mass is 16.5. The number of hydrogen-bond acceptors (Lipinski definition) is 4. The fraction of sp³-hybridized carbons (Fsp3) is 0.769.